The minimum Gasteiger partial charge on any atom is -0.375 e. The van der Waals surface area contributed by atoms with Crippen molar-refractivity contribution in [1.82, 2.24) is 0 Å². The van der Waals surface area contributed by atoms with E-state index in [-0.39, 0.29) is 5.60 Å². The van der Waals surface area contributed by atoms with Gasteiger partial charge in [-0.3, -0.25) is 0 Å². The minimum absolute atomic E-state index is 0.0405. The number of hydrogen-bond donors (Lipinski definition) is 0. The molecule has 72 valence electrons. The van der Waals surface area contributed by atoms with Crippen molar-refractivity contribution in [2.24, 2.45) is 5.92 Å². The summed E-state index contributed by atoms with van der Waals surface area (Å²) >= 11 is 6.10. The molecule has 0 radical (unpaired) electrons. The van der Waals surface area contributed by atoms with Crippen LogP contribution in [0.15, 0.2) is 0 Å². The van der Waals surface area contributed by atoms with Crippen LogP contribution in [-0.4, -0.2) is 17.6 Å². The van der Waals surface area contributed by atoms with Crippen molar-refractivity contribution in [2.75, 3.05) is 6.61 Å². The second kappa shape index (κ2) is 3.97. The largest absolute Gasteiger partial charge is 0.375 e. The molecule has 0 spiro atoms. The molecule has 0 aromatic rings. The molecule has 0 saturated carbocycles. The number of hydrogen-bond acceptors (Lipinski definition) is 1. The normalized spacial score (nSPS) is 37.2. The summed E-state index contributed by atoms with van der Waals surface area (Å²) in [6.45, 7) is 7.47. The molecule has 0 bridgehead atoms. The summed E-state index contributed by atoms with van der Waals surface area (Å²) in [6, 6.07) is 0. The number of alkyl halides is 1. The maximum Gasteiger partial charge on any atom is 0.0671 e. The Morgan fingerprint density at radius 1 is 1.58 bits per heavy atom. The van der Waals surface area contributed by atoms with Crippen LogP contribution in [0.5, 0.6) is 0 Å². The Kier molecular flexibility index (Phi) is 3.42. The molecule has 2 unspecified atom stereocenters. The fourth-order valence-electron chi connectivity index (χ4n) is 2.07. The van der Waals surface area contributed by atoms with E-state index >= 15 is 0 Å². The molecule has 1 fully saturated rings. The first kappa shape index (κ1) is 10.3. The molecule has 0 aromatic heterocycles. The second-order valence-corrected chi connectivity index (χ2v) is 5.10. The summed E-state index contributed by atoms with van der Waals surface area (Å²) < 4.78 is 5.76. The lowest BCUT2D eigenvalue weighted by molar-refractivity contribution is -0.0751. The Morgan fingerprint density at radius 3 is 2.75 bits per heavy atom. The third-order valence-corrected chi connectivity index (χ3v) is 2.75. The Labute approximate surface area is 80.4 Å². The highest BCUT2D eigenvalue weighted by molar-refractivity contribution is 6.20. The van der Waals surface area contributed by atoms with Crippen LogP contribution in [0, 0.1) is 5.92 Å². The Hall–Kier alpha value is 0.250. The predicted octanol–water partition coefficient (Wildman–Crippen LogP) is 3.21. The molecule has 2 heteroatoms. The van der Waals surface area contributed by atoms with Crippen molar-refractivity contribution in [3.8, 4) is 0 Å². The lowest BCUT2D eigenvalue weighted by Crippen LogP contribution is -2.38. The van der Waals surface area contributed by atoms with E-state index in [0.717, 1.165) is 25.9 Å². The average molecular weight is 191 g/mol. The molecular weight excluding hydrogens is 172 g/mol. The van der Waals surface area contributed by atoms with Gasteiger partial charge in [-0.2, -0.15) is 0 Å². The van der Waals surface area contributed by atoms with Gasteiger partial charge in [0, 0.05) is 12.0 Å². The molecule has 0 aliphatic carbocycles. The summed E-state index contributed by atoms with van der Waals surface area (Å²) in [5.74, 6) is 0.692. The first-order valence-electron chi connectivity index (χ1n) is 4.80. The van der Waals surface area contributed by atoms with Crippen LogP contribution in [-0.2, 0) is 4.74 Å². The zero-order chi connectivity index (χ0) is 9.19. The summed E-state index contributed by atoms with van der Waals surface area (Å²) in [5.41, 5.74) is 0.0405. The Balaban J connectivity index is 2.45. The van der Waals surface area contributed by atoms with Gasteiger partial charge in [-0.1, -0.05) is 13.8 Å². The molecule has 1 heterocycles. The number of rotatable bonds is 2. The van der Waals surface area contributed by atoms with E-state index in [1.807, 2.05) is 0 Å². The fraction of sp³-hybridized carbons (Fsp3) is 1.00. The Bertz CT molecular complexity index is 143. The van der Waals surface area contributed by atoms with Gasteiger partial charge in [0.2, 0.25) is 0 Å². The van der Waals surface area contributed by atoms with Crippen molar-refractivity contribution in [3.05, 3.63) is 0 Å². The van der Waals surface area contributed by atoms with Gasteiger partial charge in [-0.15, -0.1) is 11.6 Å². The quantitative estimate of drug-likeness (QED) is 0.608. The standard InChI is InChI=1S/C10H19ClO/c1-8(2)6-10(3)7-9(11)4-5-12-10/h8-9H,4-7H2,1-3H3. The smallest absolute Gasteiger partial charge is 0.0671 e. The monoisotopic (exact) mass is 190 g/mol. The minimum atomic E-state index is 0.0405. The molecule has 1 aliphatic heterocycles. The van der Waals surface area contributed by atoms with Crippen molar-refractivity contribution in [2.45, 2.75) is 51.0 Å². The van der Waals surface area contributed by atoms with Gasteiger partial charge in [-0.25, -0.2) is 0 Å². The van der Waals surface area contributed by atoms with Gasteiger partial charge in [-0.05, 0) is 32.1 Å². The molecule has 12 heavy (non-hydrogen) atoms. The third kappa shape index (κ3) is 2.95. The highest BCUT2D eigenvalue weighted by Crippen LogP contribution is 2.32. The van der Waals surface area contributed by atoms with E-state index in [0.29, 0.717) is 11.3 Å². The molecule has 0 aromatic carbocycles. The molecular formula is C10H19ClO. The number of halogens is 1. The van der Waals surface area contributed by atoms with Crippen molar-refractivity contribution >= 4 is 11.6 Å². The van der Waals surface area contributed by atoms with Crippen molar-refractivity contribution in [3.63, 3.8) is 0 Å². The maximum atomic E-state index is 6.10. The SMILES string of the molecule is CC(C)CC1(C)CC(Cl)CCO1. The predicted molar refractivity (Wildman–Crippen MR) is 52.7 cm³/mol. The van der Waals surface area contributed by atoms with Gasteiger partial charge >= 0.3 is 0 Å². The summed E-state index contributed by atoms with van der Waals surface area (Å²) in [4.78, 5) is 0. The second-order valence-electron chi connectivity index (χ2n) is 4.49. The third-order valence-electron chi connectivity index (χ3n) is 2.37. The van der Waals surface area contributed by atoms with Crippen LogP contribution in [0.25, 0.3) is 0 Å². The van der Waals surface area contributed by atoms with E-state index < -0.39 is 0 Å². The lowest BCUT2D eigenvalue weighted by atomic mass is 9.87. The maximum absolute atomic E-state index is 6.10. The number of ether oxygens (including phenoxy) is 1. The van der Waals surface area contributed by atoms with Gasteiger partial charge in [0.25, 0.3) is 0 Å². The highest BCUT2D eigenvalue weighted by atomic mass is 35.5. The van der Waals surface area contributed by atoms with Gasteiger partial charge in [0.1, 0.15) is 0 Å². The van der Waals surface area contributed by atoms with Gasteiger partial charge < -0.3 is 4.74 Å². The average Bonchev–Trinajstić information content (AvgIpc) is 1.82. The molecule has 1 rings (SSSR count). The van der Waals surface area contributed by atoms with Crippen LogP contribution >= 0.6 is 11.6 Å². The first-order valence-corrected chi connectivity index (χ1v) is 5.23. The van der Waals surface area contributed by atoms with Crippen molar-refractivity contribution < 1.29 is 4.74 Å². The Morgan fingerprint density at radius 2 is 2.25 bits per heavy atom. The topological polar surface area (TPSA) is 9.23 Å². The van der Waals surface area contributed by atoms with Crippen LogP contribution in [0.1, 0.15) is 40.0 Å². The van der Waals surface area contributed by atoms with Gasteiger partial charge in [0.05, 0.1) is 5.60 Å². The summed E-state index contributed by atoms with van der Waals surface area (Å²) in [5, 5.41) is 0.322. The zero-order valence-corrected chi connectivity index (χ0v) is 9.03. The van der Waals surface area contributed by atoms with Crippen molar-refractivity contribution in [1.29, 1.82) is 0 Å². The fourth-order valence-corrected chi connectivity index (χ4v) is 2.48. The van der Waals surface area contributed by atoms with E-state index in [4.69, 9.17) is 16.3 Å². The summed E-state index contributed by atoms with van der Waals surface area (Å²) in [7, 11) is 0. The molecule has 2 atom stereocenters. The zero-order valence-electron chi connectivity index (χ0n) is 8.27. The molecule has 1 nitrogen and oxygen atoms in total. The molecule has 0 amide bonds. The van der Waals surface area contributed by atoms with E-state index in [2.05, 4.69) is 20.8 Å². The lowest BCUT2D eigenvalue weighted by Gasteiger charge is -2.37. The van der Waals surface area contributed by atoms with E-state index in [1.54, 1.807) is 0 Å². The molecule has 1 saturated heterocycles. The molecule has 1 aliphatic rings. The van der Waals surface area contributed by atoms with E-state index in [1.165, 1.54) is 0 Å². The molecule has 0 N–H and O–H groups in total. The van der Waals surface area contributed by atoms with Gasteiger partial charge in [0.15, 0.2) is 0 Å². The van der Waals surface area contributed by atoms with Crippen LogP contribution in [0.4, 0.5) is 0 Å². The van der Waals surface area contributed by atoms with E-state index in [9.17, 15) is 0 Å². The highest BCUT2D eigenvalue weighted by Gasteiger charge is 2.32. The first-order chi connectivity index (χ1) is 5.52. The van der Waals surface area contributed by atoms with Crippen LogP contribution in [0.3, 0.4) is 0 Å². The summed E-state index contributed by atoms with van der Waals surface area (Å²) in [6.07, 6.45) is 3.14. The van der Waals surface area contributed by atoms with Crippen LogP contribution < -0.4 is 0 Å². The van der Waals surface area contributed by atoms with Crippen LogP contribution in [0.2, 0.25) is 0 Å².